The fraction of sp³-hybridized carbons (Fsp3) is 0.176. The molecule has 6 heteroatoms. The molecule has 0 unspecified atom stereocenters. The van der Waals surface area contributed by atoms with Crippen LogP contribution in [0, 0.1) is 0 Å². The van der Waals surface area contributed by atoms with E-state index in [4.69, 9.17) is 27.9 Å². The van der Waals surface area contributed by atoms with Crippen LogP contribution in [0.3, 0.4) is 0 Å². The Morgan fingerprint density at radius 3 is 2.78 bits per heavy atom. The van der Waals surface area contributed by atoms with Crippen LogP contribution in [0.15, 0.2) is 48.7 Å². The second-order valence-corrected chi connectivity index (χ2v) is 5.54. The van der Waals surface area contributed by atoms with Crippen LogP contribution in [-0.4, -0.2) is 17.6 Å². The largest absolute Gasteiger partial charge is 0.445 e. The minimum absolute atomic E-state index is 0.257. The van der Waals surface area contributed by atoms with Crippen LogP contribution in [0.4, 0.5) is 4.79 Å². The number of carbonyl (C=O) groups excluding carboxylic acids is 1. The van der Waals surface area contributed by atoms with E-state index >= 15 is 0 Å². The maximum Gasteiger partial charge on any atom is 0.407 e. The number of ether oxygens (including phenoxy) is 1. The number of benzene rings is 1. The fourth-order valence-electron chi connectivity index (χ4n) is 1.77. The van der Waals surface area contributed by atoms with E-state index in [0.717, 1.165) is 5.56 Å². The molecule has 1 aromatic carbocycles. The molecule has 0 saturated carbocycles. The standard InChI is InChI=1S/C17H16Cl2N2O2/c18-14-10-15(19)16(21-11-14)8-4-5-9-20-17(22)23-12-13-6-2-1-3-7-13/h1-4,6-8,10-11H,5,9,12H2,(H,20,22). The summed E-state index contributed by atoms with van der Waals surface area (Å²) in [4.78, 5) is 15.6. The highest BCUT2D eigenvalue weighted by atomic mass is 35.5. The Balaban J connectivity index is 1.66. The fourth-order valence-corrected chi connectivity index (χ4v) is 2.22. The average Bonchev–Trinajstić information content (AvgIpc) is 2.55. The number of halogens is 2. The lowest BCUT2D eigenvalue weighted by Crippen LogP contribution is -2.24. The van der Waals surface area contributed by atoms with E-state index in [9.17, 15) is 4.79 Å². The summed E-state index contributed by atoms with van der Waals surface area (Å²) >= 11 is 11.8. The van der Waals surface area contributed by atoms with Crippen molar-refractivity contribution in [2.75, 3.05) is 6.54 Å². The Labute approximate surface area is 145 Å². The number of rotatable bonds is 6. The zero-order valence-electron chi connectivity index (χ0n) is 12.3. The van der Waals surface area contributed by atoms with Crippen molar-refractivity contribution in [3.63, 3.8) is 0 Å². The van der Waals surface area contributed by atoms with Gasteiger partial charge in [-0.05, 0) is 24.1 Å². The van der Waals surface area contributed by atoms with E-state index in [1.807, 2.05) is 36.4 Å². The van der Waals surface area contributed by atoms with Gasteiger partial charge in [0.25, 0.3) is 0 Å². The molecule has 1 aromatic heterocycles. The van der Waals surface area contributed by atoms with Crippen LogP contribution in [-0.2, 0) is 11.3 Å². The van der Waals surface area contributed by atoms with Gasteiger partial charge in [-0.1, -0.05) is 59.6 Å². The van der Waals surface area contributed by atoms with Gasteiger partial charge in [0.1, 0.15) is 6.61 Å². The smallest absolute Gasteiger partial charge is 0.407 e. The van der Waals surface area contributed by atoms with E-state index in [-0.39, 0.29) is 6.61 Å². The van der Waals surface area contributed by atoms with Gasteiger partial charge in [-0.15, -0.1) is 0 Å². The van der Waals surface area contributed by atoms with Gasteiger partial charge in [0.15, 0.2) is 0 Å². The normalized spacial score (nSPS) is 10.7. The Morgan fingerprint density at radius 1 is 1.26 bits per heavy atom. The predicted octanol–water partition coefficient (Wildman–Crippen LogP) is 4.72. The quantitative estimate of drug-likeness (QED) is 0.767. The molecular weight excluding hydrogens is 335 g/mol. The third-order valence-electron chi connectivity index (χ3n) is 2.91. The van der Waals surface area contributed by atoms with Crippen molar-refractivity contribution >= 4 is 35.4 Å². The van der Waals surface area contributed by atoms with Crippen LogP contribution >= 0.6 is 23.2 Å². The summed E-state index contributed by atoms with van der Waals surface area (Å²) in [5.41, 5.74) is 1.59. The molecule has 1 N–H and O–H groups in total. The molecule has 23 heavy (non-hydrogen) atoms. The number of pyridine rings is 1. The van der Waals surface area contributed by atoms with E-state index in [0.29, 0.717) is 28.7 Å². The summed E-state index contributed by atoms with van der Waals surface area (Å²) < 4.78 is 5.10. The molecule has 0 saturated heterocycles. The first-order chi connectivity index (χ1) is 11.1. The van der Waals surface area contributed by atoms with Crippen LogP contribution in [0.5, 0.6) is 0 Å². The lowest BCUT2D eigenvalue weighted by molar-refractivity contribution is 0.140. The summed E-state index contributed by atoms with van der Waals surface area (Å²) in [6, 6.07) is 11.2. The molecule has 0 radical (unpaired) electrons. The first kappa shape index (κ1) is 17.3. The minimum atomic E-state index is -0.440. The van der Waals surface area contributed by atoms with Crippen molar-refractivity contribution in [1.82, 2.24) is 10.3 Å². The second-order valence-electron chi connectivity index (χ2n) is 4.70. The third-order valence-corrected chi connectivity index (χ3v) is 3.41. The van der Waals surface area contributed by atoms with Crippen LogP contribution in [0.2, 0.25) is 10.0 Å². The van der Waals surface area contributed by atoms with Crippen molar-refractivity contribution in [3.05, 3.63) is 70.0 Å². The molecule has 0 fully saturated rings. The van der Waals surface area contributed by atoms with Crippen LogP contribution in [0.25, 0.3) is 6.08 Å². The van der Waals surface area contributed by atoms with Gasteiger partial charge in [0, 0.05) is 12.7 Å². The number of aromatic nitrogens is 1. The number of nitrogens with one attached hydrogen (secondary N) is 1. The average molecular weight is 351 g/mol. The number of carbonyl (C=O) groups is 1. The molecular formula is C17H16Cl2N2O2. The van der Waals surface area contributed by atoms with E-state index in [1.165, 1.54) is 6.20 Å². The number of hydrogen-bond acceptors (Lipinski definition) is 3. The molecule has 1 heterocycles. The minimum Gasteiger partial charge on any atom is -0.445 e. The number of hydrogen-bond donors (Lipinski definition) is 1. The Hall–Kier alpha value is -2.04. The topological polar surface area (TPSA) is 51.2 Å². The number of nitrogens with zero attached hydrogens (tertiary/aromatic N) is 1. The van der Waals surface area contributed by atoms with Crippen molar-refractivity contribution < 1.29 is 9.53 Å². The summed E-state index contributed by atoms with van der Waals surface area (Å²) in [5.74, 6) is 0. The molecule has 0 aliphatic heterocycles. The first-order valence-electron chi connectivity index (χ1n) is 7.07. The lowest BCUT2D eigenvalue weighted by atomic mass is 10.2. The molecule has 0 spiro atoms. The van der Waals surface area contributed by atoms with Crippen molar-refractivity contribution in [2.45, 2.75) is 13.0 Å². The van der Waals surface area contributed by atoms with Gasteiger partial charge in [-0.3, -0.25) is 4.98 Å². The third kappa shape index (κ3) is 6.30. The summed E-state index contributed by atoms with van der Waals surface area (Å²) in [6.07, 6.45) is 5.40. The molecule has 0 aliphatic rings. The van der Waals surface area contributed by atoms with E-state index < -0.39 is 6.09 Å². The summed E-state index contributed by atoms with van der Waals surface area (Å²) in [6.45, 7) is 0.724. The zero-order chi connectivity index (χ0) is 16.5. The molecule has 120 valence electrons. The van der Waals surface area contributed by atoms with E-state index in [1.54, 1.807) is 12.1 Å². The Bertz CT molecular complexity index is 676. The monoisotopic (exact) mass is 350 g/mol. The SMILES string of the molecule is O=C(NCCC=Cc1ncc(Cl)cc1Cl)OCc1ccccc1. The highest BCUT2D eigenvalue weighted by Crippen LogP contribution is 2.19. The summed E-state index contributed by atoms with van der Waals surface area (Å²) in [5, 5.41) is 3.66. The Morgan fingerprint density at radius 2 is 2.04 bits per heavy atom. The van der Waals surface area contributed by atoms with Gasteiger partial charge in [0.2, 0.25) is 0 Å². The molecule has 2 rings (SSSR count). The molecule has 4 nitrogen and oxygen atoms in total. The molecule has 2 aromatic rings. The molecule has 1 amide bonds. The van der Waals surface area contributed by atoms with Gasteiger partial charge in [-0.2, -0.15) is 0 Å². The van der Waals surface area contributed by atoms with Crippen molar-refractivity contribution in [1.29, 1.82) is 0 Å². The van der Waals surface area contributed by atoms with Crippen molar-refractivity contribution in [2.24, 2.45) is 0 Å². The van der Waals surface area contributed by atoms with Gasteiger partial charge >= 0.3 is 6.09 Å². The molecule has 0 aliphatic carbocycles. The van der Waals surface area contributed by atoms with Gasteiger partial charge < -0.3 is 10.1 Å². The zero-order valence-corrected chi connectivity index (χ0v) is 13.8. The number of amides is 1. The lowest BCUT2D eigenvalue weighted by Gasteiger charge is -2.05. The van der Waals surface area contributed by atoms with Gasteiger partial charge in [-0.25, -0.2) is 4.79 Å². The molecule has 0 bridgehead atoms. The highest BCUT2D eigenvalue weighted by Gasteiger charge is 2.01. The Kier molecular flexibility index (Phi) is 6.91. The van der Waals surface area contributed by atoms with Crippen LogP contribution < -0.4 is 5.32 Å². The molecule has 0 atom stereocenters. The van der Waals surface area contributed by atoms with Gasteiger partial charge in [0.05, 0.1) is 15.7 Å². The first-order valence-corrected chi connectivity index (χ1v) is 7.83. The van der Waals surface area contributed by atoms with Crippen LogP contribution in [0.1, 0.15) is 17.7 Å². The van der Waals surface area contributed by atoms with Crippen molar-refractivity contribution in [3.8, 4) is 0 Å². The maximum absolute atomic E-state index is 11.5. The maximum atomic E-state index is 11.5. The predicted molar refractivity (Wildman–Crippen MR) is 92.5 cm³/mol. The van der Waals surface area contributed by atoms with E-state index in [2.05, 4.69) is 10.3 Å². The second kappa shape index (κ2) is 9.18. The summed E-state index contributed by atoms with van der Waals surface area (Å²) in [7, 11) is 0. The number of alkyl carbamates (subject to hydrolysis) is 1. The highest BCUT2D eigenvalue weighted by molar-refractivity contribution is 6.35.